The van der Waals surface area contributed by atoms with Gasteiger partial charge in [-0.1, -0.05) is 0 Å². The molecule has 1 aliphatic carbocycles. The van der Waals surface area contributed by atoms with E-state index in [1.54, 1.807) is 0 Å². The molecule has 4 nitrogen and oxygen atoms in total. The first-order chi connectivity index (χ1) is 8.68. The molecule has 0 aromatic carbocycles. The Kier molecular flexibility index (Phi) is 3.32. The van der Waals surface area contributed by atoms with Crippen molar-refractivity contribution in [3.8, 4) is 0 Å². The molecule has 3 fully saturated rings. The number of piperidine rings is 1. The number of carbonyl (C=O) groups excluding carboxylic acids is 1. The van der Waals surface area contributed by atoms with Crippen molar-refractivity contribution >= 4 is 5.91 Å². The van der Waals surface area contributed by atoms with Crippen molar-refractivity contribution in [1.82, 2.24) is 15.5 Å². The molecule has 0 aromatic heterocycles. The minimum Gasteiger partial charge on any atom is -0.350 e. The Labute approximate surface area is 109 Å². The first-order valence-corrected chi connectivity index (χ1v) is 7.46. The lowest BCUT2D eigenvalue weighted by atomic mass is 10.0. The fourth-order valence-electron chi connectivity index (χ4n) is 3.34. The molecule has 2 heterocycles. The third-order valence-corrected chi connectivity index (χ3v) is 4.80. The Morgan fingerprint density at radius 3 is 2.67 bits per heavy atom. The van der Waals surface area contributed by atoms with Gasteiger partial charge < -0.3 is 10.6 Å². The molecule has 2 N–H and O–H groups in total. The van der Waals surface area contributed by atoms with Crippen molar-refractivity contribution < 1.29 is 4.79 Å². The van der Waals surface area contributed by atoms with Crippen LogP contribution in [0.2, 0.25) is 0 Å². The fourth-order valence-corrected chi connectivity index (χ4v) is 3.34. The molecule has 4 heteroatoms. The molecular formula is C14H25N3O. The third kappa shape index (κ3) is 2.54. The van der Waals surface area contributed by atoms with Gasteiger partial charge in [-0.25, -0.2) is 0 Å². The van der Waals surface area contributed by atoms with Crippen molar-refractivity contribution in [2.24, 2.45) is 0 Å². The van der Waals surface area contributed by atoms with Crippen LogP contribution >= 0.6 is 0 Å². The summed E-state index contributed by atoms with van der Waals surface area (Å²) in [6, 6.07) is 0.766. The fraction of sp³-hybridized carbons (Fsp3) is 0.929. The molecule has 102 valence electrons. The molecule has 0 aromatic rings. The summed E-state index contributed by atoms with van der Waals surface area (Å²) in [5, 5.41) is 6.65. The number of nitrogens with one attached hydrogen (secondary N) is 2. The predicted octanol–water partition coefficient (Wildman–Crippen LogP) is 0.871. The average molecular weight is 251 g/mol. The van der Waals surface area contributed by atoms with E-state index < -0.39 is 0 Å². The van der Waals surface area contributed by atoms with Gasteiger partial charge in [0.1, 0.15) is 0 Å². The van der Waals surface area contributed by atoms with Gasteiger partial charge in [-0.3, -0.25) is 9.69 Å². The summed E-state index contributed by atoms with van der Waals surface area (Å²) in [5.41, 5.74) is 0.124. The van der Waals surface area contributed by atoms with Gasteiger partial charge in [-0.2, -0.15) is 0 Å². The number of rotatable bonds is 3. The van der Waals surface area contributed by atoms with Gasteiger partial charge in [0, 0.05) is 11.6 Å². The smallest absolute Gasteiger partial charge is 0.237 e. The Bertz CT molecular complexity index is 321. The van der Waals surface area contributed by atoms with Gasteiger partial charge in [0.15, 0.2) is 0 Å². The van der Waals surface area contributed by atoms with Crippen LogP contribution in [-0.4, -0.2) is 48.1 Å². The van der Waals surface area contributed by atoms with Crippen LogP contribution in [0.1, 0.15) is 45.4 Å². The zero-order chi connectivity index (χ0) is 12.6. The molecule has 1 unspecified atom stereocenters. The molecule has 0 spiro atoms. The maximum Gasteiger partial charge on any atom is 0.237 e. The molecule has 1 saturated carbocycles. The van der Waals surface area contributed by atoms with E-state index in [1.165, 1.54) is 19.3 Å². The number of nitrogens with zero attached hydrogens (tertiary/aromatic N) is 1. The second-order valence-electron chi connectivity index (χ2n) is 6.43. The van der Waals surface area contributed by atoms with Crippen molar-refractivity contribution in [2.45, 2.75) is 63.1 Å². The van der Waals surface area contributed by atoms with E-state index in [0.29, 0.717) is 6.04 Å². The molecule has 0 bridgehead atoms. The second-order valence-corrected chi connectivity index (χ2v) is 6.43. The Morgan fingerprint density at radius 2 is 2.00 bits per heavy atom. The van der Waals surface area contributed by atoms with Crippen LogP contribution in [0.4, 0.5) is 0 Å². The number of amides is 1. The highest BCUT2D eigenvalue weighted by Crippen LogP contribution is 2.35. The van der Waals surface area contributed by atoms with Crippen molar-refractivity contribution in [3.63, 3.8) is 0 Å². The van der Waals surface area contributed by atoms with Crippen LogP contribution < -0.4 is 10.6 Å². The van der Waals surface area contributed by atoms with Crippen molar-refractivity contribution in [1.29, 1.82) is 0 Å². The highest BCUT2D eigenvalue weighted by Gasteiger charge is 2.43. The lowest BCUT2D eigenvalue weighted by Crippen LogP contribution is -2.52. The lowest BCUT2D eigenvalue weighted by molar-refractivity contribution is -0.127. The standard InChI is InChI=1S/C14H25N3O/c1-14(6-7-14)16-13(18)12-3-2-10-17(12)11-4-8-15-9-5-11/h11-12,15H,2-10H2,1H3,(H,16,18). The number of carbonyl (C=O) groups is 1. The van der Waals surface area contributed by atoms with Crippen LogP contribution in [0.15, 0.2) is 0 Å². The largest absolute Gasteiger partial charge is 0.350 e. The van der Waals surface area contributed by atoms with Crippen molar-refractivity contribution in [3.05, 3.63) is 0 Å². The summed E-state index contributed by atoms with van der Waals surface area (Å²) < 4.78 is 0. The summed E-state index contributed by atoms with van der Waals surface area (Å²) in [4.78, 5) is 14.9. The lowest BCUT2D eigenvalue weighted by Gasteiger charge is -2.35. The molecule has 1 amide bonds. The number of hydrogen-bond donors (Lipinski definition) is 2. The zero-order valence-corrected chi connectivity index (χ0v) is 11.4. The van der Waals surface area contributed by atoms with E-state index in [9.17, 15) is 4.79 Å². The summed E-state index contributed by atoms with van der Waals surface area (Å²) in [5.74, 6) is 0.283. The summed E-state index contributed by atoms with van der Waals surface area (Å²) in [6.07, 6.45) is 6.92. The molecule has 2 saturated heterocycles. The quantitative estimate of drug-likeness (QED) is 0.782. The van der Waals surface area contributed by atoms with Crippen LogP contribution in [0, 0.1) is 0 Å². The minimum atomic E-state index is 0.124. The van der Waals surface area contributed by atoms with E-state index in [1.807, 2.05) is 0 Å². The van der Waals surface area contributed by atoms with Crippen LogP contribution in [0.5, 0.6) is 0 Å². The highest BCUT2D eigenvalue weighted by atomic mass is 16.2. The van der Waals surface area contributed by atoms with Crippen LogP contribution in [-0.2, 0) is 4.79 Å². The van der Waals surface area contributed by atoms with Crippen molar-refractivity contribution in [2.75, 3.05) is 19.6 Å². The van der Waals surface area contributed by atoms with Gasteiger partial charge in [0.05, 0.1) is 6.04 Å². The Hall–Kier alpha value is -0.610. The van der Waals surface area contributed by atoms with Crippen LogP contribution in [0.25, 0.3) is 0 Å². The van der Waals surface area contributed by atoms with E-state index in [4.69, 9.17) is 0 Å². The van der Waals surface area contributed by atoms with E-state index >= 15 is 0 Å². The van der Waals surface area contributed by atoms with Gasteiger partial charge in [0.25, 0.3) is 0 Å². The van der Waals surface area contributed by atoms with Gasteiger partial charge in [0.2, 0.25) is 5.91 Å². The number of hydrogen-bond acceptors (Lipinski definition) is 3. The van der Waals surface area contributed by atoms with E-state index in [-0.39, 0.29) is 17.5 Å². The Balaban J connectivity index is 1.61. The van der Waals surface area contributed by atoms with Gasteiger partial charge >= 0.3 is 0 Å². The Morgan fingerprint density at radius 1 is 1.28 bits per heavy atom. The molecule has 2 aliphatic heterocycles. The summed E-state index contributed by atoms with van der Waals surface area (Å²) in [6.45, 7) is 5.48. The van der Waals surface area contributed by atoms with Gasteiger partial charge in [-0.05, 0) is 65.1 Å². The summed E-state index contributed by atoms with van der Waals surface area (Å²) >= 11 is 0. The summed E-state index contributed by atoms with van der Waals surface area (Å²) in [7, 11) is 0. The molecule has 3 rings (SSSR count). The highest BCUT2D eigenvalue weighted by molar-refractivity contribution is 5.83. The second kappa shape index (κ2) is 4.82. The minimum absolute atomic E-state index is 0.124. The maximum atomic E-state index is 12.4. The first kappa shape index (κ1) is 12.4. The average Bonchev–Trinajstić information content (AvgIpc) is 2.94. The van der Waals surface area contributed by atoms with Crippen LogP contribution in [0.3, 0.4) is 0 Å². The normalized spacial score (nSPS) is 32.4. The number of likely N-dealkylation sites (tertiary alicyclic amines) is 1. The topological polar surface area (TPSA) is 44.4 Å². The first-order valence-electron chi connectivity index (χ1n) is 7.46. The SMILES string of the molecule is CC1(NC(=O)C2CCCN2C2CCNCC2)CC1. The molecule has 18 heavy (non-hydrogen) atoms. The van der Waals surface area contributed by atoms with Gasteiger partial charge in [-0.15, -0.1) is 0 Å². The molecular weight excluding hydrogens is 226 g/mol. The molecule has 0 radical (unpaired) electrons. The molecule has 1 atom stereocenters. The monoisotopic (exact) mass is 251 g/mol. The maximum absolute atomic E-state index is 12.4. The predicted molar refractivity (Wildman–Crippen MR) is 71.4 cm³/mol. The molecule has 3 aliphatic rings. The van der Waals surface area contributed by atoms with E-state index in [2.05, 4.69) is 22.5 Å². The third-order valence-electron chi connectivity index (χ3n) is 4.80. The van der Waals surface area contributed by atoms with E-state index in [0.717, 1.165) is 38.9 Å². The zero-order valence-electron chi connectivity index (χ0n) is 11.4.